The first kappa shape index (κ1) is 18.7. The third kappa shape index (κ3) is 3.99. The zero-order chi connectivity index (χ0) is 18.7. The molecule has 1 fully saturated rings. The highest BCUT2D eigenvalue weighted by atomic mass is 32.2. The quantitative estimate of drug-likeness (QED) is 0.743. The molecule has 1 amide bonds. The highest BCUT2D eigenvalue weighted by Crippen LogP contribution is 2.33. The van der Waals surface area contributed by atoms with Crippen LogP contribution in [0.15, 0.2) is 23.1 Å². The molecular weight excluding hydrogens is 360 g/mol. The molecule has 9 heteroatoms. The van der Waals surface area contributed by atoms with E-state index >= 15 is 0 Å². The lowest BCUT2D eigenvalue weighted by atomic mass is 10.2. The van der Waals surface area contributed by atoms with Crippen LogP contribution in [0.2, 0.25) is 0 Å². The van der Waals surface area contributed by atoms with Crippen molar-refractivity contribution >= 4 is 21.7 Å². The molecule has 26 heavy (non-hydrogen) atoms. The summed E-state index contributed by atoms with van der Waals surface area (Å²) in [5.74, 6) is 0.821. The van der Waals surface area contributed by atoms with E-state index in [9.17, 15) is 18.0 Å². The highest BCUT2D eigenvalue weighted by Gasteiger charge is 2.31. The van der Waals surface area contributed by atoms with Crippen molar-refractivity contribution in [2.45, 2.75) is 24.7 Å². The van der Waals surface area contributed by atoms with Crippen molar-refractivity contribution in [3.05, 3.63) is 18.2 Å². The lowest BCUT2D eigenvalue weighted by Crippen LogP contribution is -2.50. The molecule has 2 aliphatic heterocycles. The van der Waals surface area contributed by atoms with Gasteiger partial charge < -0.3 is 19.2 Å². The maximum Gasteiger partial charge on any atom is 0.243 e. The molecule has 0 spiro atoms. The topological polar surface area (TPSA) is 93.2 Å². The maximum absolute atomic E-state index is 12.8. The lowest BCUT2D eigenvalue weighted by Gasteiger charge is -2.34. The Bertz CT molecular complexity index is 799. The number of hydrogen-bond donors (Lipinski definition) is 0. The second kappa shape index (κ2) is 7.63. The van der Waals surface area contributed by atoms with Crippen LogP contribution < -0.4 is 9.47 Å². The molecule has 2 aliphatic rings. The van der Waals surface area contributed by atoms with Crippen molar-refractivity contribution in [3.63, 3.8) is 0 Å². The van der Waals surface area contributed by atoms with Crippen LogP contribution in [0.5, 0.6) is 11.5 Å². The fraction of sp³-hybridized carbons (Fsp3) is 0.529. The summed E-state index contributed by atoms with van der Waals surface area (Å²) in [6, 6.07) is 4.59. The Balaban J connectivity index is 1.65. The van der Waals surface area contributed by atoms with Gasteiger partial charge in [0.1, 0.15) is 19.0 Å². The average molecular weight is 382 g/mol. The van der Waals surface area contributed by atoms with Gasteiger partial charge in [-0.05, 0) is 19.1 Å². The molecule has 0 radical (unpaired) electrons. The van der Waals surface area contributed by atoms with Crippen molar-refractivity contribution in [3.8, 4) is 11.5 Å². The Kier molecular flexibility index (Phi) is 5.47. The van der Waals surface area contributed by atoms with Crippen LogP contribution in [0.3, 0.4) is 0 Å². The van der Waals surface area contributed by atoms with E-state index in [2.05, 4.69) is 0 Å². The van der Waals surface area contributed by atoms with Gasteiger partial charge in [0.05, 0.1) is 4.90 Å². The van der Waals surface area contributed by atoms with Gasteiger partial charge in [0.25, 0.3) is 0 Å². The van der Waals surface area contributed by atoms with E-state index in [-0.39, 0.29) is 42.5 Å². The molecule has 1 aromatic rings. The summed E-state index contributed by atoms with van der Waals surface area (Å²) in [6.45, 7) is 3.37. The minimum absolute atomic E-state index is 0.0295. The van der Waals surface area contributed by atoms with E-state index in [0.717, 1.165) is 0 Å². The zero-order valence-corrected chi connectivity index (χ0v) is 15.5. The van der Waals surface area contributed by atoms with Crippen molar-refractivity contribution in [1.29, 1.82) is 0 Å². The fourth-order valence-electron chi connectivity index (χ4n) is 2.95. The summed E-state index contributed by atoms with van der Waals surface area (Å²) in [4.78, 5) is 24.8. The van der Waals surface area contributed by atoms with Gasteiger partial charge in [-0.15, -0.1) is 0 Å². The number of Topliss-reactive ketones (excluding diaryl/α,β-unsaturated/α-hetero) is 1. The number of carbonyl (C=O) groups is 2. The number of fused-ring (bicyclic) bond motifs is 1. The maximum atomic E-state index is 12.8. The number of sulfonamides is 1. The fourth-order valence-corrected chi connectivity index (χ4v) is 4.39. The Morgan fingerprint density at radius 3 is 2.31 bits per heavy atom. The second-order valence-electron chi connectivity index (χ2n) is 6.29. The van der Waals surface area contributed by atoms with E-state index in [1.807, 2.05) is 0 Å². The number of nitrogens with zero attached hydrogens (tertiary/aromatic N) is 2. The van der Waals surface area contributed by atoms with Gasteiger partial charge in [-0.2, -0.15) is 4.31 Å². The molecule has 1 aromatic carbocycles. The summed E-state index contributed by atoms with van der Waals surface area (Å²) in [5.41, 5.74) is 0. The molecule has 8 nitrogen and oxygen atoms in total. The molecule has 2 heterocycles. The molecule has 0 saturated carbocycles. The van der Waals surface area contributed by atoms with E-state index in [1.165, 1.54) is 23.4 Å². The van der Waals surface area contributed by atoms with Crippen molar-refractivity contribution < 1.29 is 27.5 Å². The first-order chi connectivity index (χ1) is 12.4. The summed E-state index contributed by atoms with van der Waals surface area (Å²) in [6.07, 6.45) is 0.388. The van der Waals surface area contributed by atoms with Crippen LogP contribution in [-0.4, -0.2) is 68.7 Å². The predicted octanol–water partition coefficient (Wildman–Crippen LogP) is 0.660. The molecule has 0 bridgehead atoms. The number of piperazine rings is 1. The van der Waals surface area contributed by atoms with E-state index in [0.29, 0.717) is 37.8 Å². The summed E-state index contributed by atoms with van der Waals surface area (Å²) in [5, 5.41) is 0. The second-order valence-corrected chi connectivity index (χ2v) is 8.23. The van der Waals surface area contributed by atoms with E-state index < -0.39 is 10.0 Å². The minimum atomic E-state index is -3.66. The minimum Gasteiger partial charge on any atom is -0.486 e. The summed E-state index contributed by atoms with van der Waals surface area (Å²) >= 11 is 0. The Hall–Kier alpha value is -2.13. The van der Waals surface area contributed by atoms with Crippen LogP contribution in [0.4, 0.5) is 0 Å². The van der Waals surface area contributed by atoms with Gasteiger partial charge in [0.2, 0.25) is 15.9 Å². The first-order valence-corrected chi connectivity index (χ1v) is 9.99. The molecule has 1 saturated heterocycles. The van der Waals surface area contributed by atoms with Crippen LogP contribution >= 0.6 is 0 Å². The van der Waals surface area contributed by atoms with E-state index in [1.54, 1.807) is 11.0 Å². The third-order valence-corrected chi connectivity index (χ3v) is 6.33. The molecule has 3 rings (SSSR count). The smallest absolute Gasteiger partial charge is 0.243 e. The summed E-state index contributed by atoms with van der Waals surface area (Å²) < 4.78 is 37.9. The van der Waals surface area contributed by atoms with Gasteiger partial charge in [0.15, 0.2) is 11.5 Å². The van der Waals surface area contributed by atoms with Gasteiger partial charge in [-0.3, -0.25) is 4.79 Å². The molecule has 142 valence electrons. The highest BCUT2D eigenvalue weighted by molar-refractivity contribution is 7.89. The van der Waals surface area contributed by atoms with Crippen LogP contribution in [0, 0.1) is 0 Å². The Morgan fingerprint density at radius 1 is 1.00 bits per heavy atom. The first-order valence-electron chi connectivity index (χ1n) is 8.55. The third-order valence-electron chi connectivity index (χ3n) is 4.43. The number of ether oxygens (including phenoxy) is 2. The van der Waals surface area contributed by atoms with Crippen LogP contribution in [0.25, 0.3) is 0 Å². The summed E-state index contributed by atoms with van der Waals surface area (Å²) in [7, 11) is -3.66. The molecule has 0 aromatic heterocycles. The SMILES string of the molecule is CC(=O)CCC(=O)N1CCN(S(=O)(=O)c2ccc3c(c2)OCCO3)CC1. The number of rotatable bonds is 5. The zero-order valence-electron chi connectivity index (χ0n) is 14.6. The van der Waals surface area contributed by atoms with Gasteiger partial charge in [0, 0.05) is 45.1 Å². The molecular formula is C17H22N2O6S. The normalized spacial score (nSPS) is 17.8. The standard InChI is InChI=1S/C17H22N2O6S/c1-13(20)2-5-17(21)18-6-8-19(9-7-18)26(22,23)14-3-4-15-16(12-14)25-11-10-24-15/h3-4,12H,2,5-11H2,1H3. The van der Waals surface area contributed by atoms with Crippen LogP contribution in [-0.2, 0) is 19.6 Å². The number of benzene rings is 1. The number of amides is 1. The van der Waals surface area contributed by atoms with Gasteiger partial charge in [-0.1, -0.05) is 0 Å². The molecule has 0 unspecified atom stereocenters. The predicted molar refractivity (Wildman–Crippen MR) is 92.7 cm³/mol. The van der Waals surface area contributed by atoms with Gasteiger partial charge in [-0.25, -0.2) is 8.42 Å². The number of ketones is 1. The van der Waals surface area contributed by atoms with Crippen molar-refractivity contribution in [2.75, 3.05) is 39.4 Å². The van der Waals surface area contributed by atoms with Gasteiger partial charge >= 0.3 is 0 Å². The molecule has 0 aliphatic carbocycles. The van der Waals surface area contributed by atoms with Crippen LogP contribution in [0.1, 0.15) is 19.8 Å². The average Bonchev–Trinajstić information content (AvgIpc) is 2.65. The largest absolute Gasteiger partial charge is 0.486 e. The van der Waals surface area contributed by atoms with Crippen molar-refractivity contribution in [1.82, 2.24) is 9.21 Å². The lowest BCUT2D eigenvalue weighted by molar-refractivity contribution is -0.134. The number of carbonyl (C=O) groups excluding carboxylic acids is 2. The van der Waals surface area contributed by atoms with E-state index in [4.69, 9.17) is 9.47 Å². The van der Waals surface area contributed by atoms with Crippen molar-refractivity contribution in [2.24, 2.45) is 0 Å². The molecule has 0 atom stereocenters. The molecule has 0 N–H and O–H groups in total. The number of hydrogen-bond acceptors (Lipinski definition) is 6. The monoisotopic (exact) mass is 382 g/mol. The Labute approximate surface area is 152 Å². The Morgan fingerprint density at radius 2 is 1.65 bits per heavy atom.